The molecule has 0 amide bonds. The third-order valence-corrected chi connectivity index (χ3v) is 4.47. The molecule has 0 bridgehead atoms. The van der Waals surface area contributed by atoms with Crippen molar-refractivity contribution in [2.45, 2.75) is 6.04 Å². The molecule has 2 saturated heterocycles. The second kappa shape index (κ2) is 4.75. The number of anilines is 1. The largest absolute Gasteiger partial charge is 0.379 e. The summed E-state index contributed by atoms with van der Waals surface area (Å²) in [5.74, 6) is 1.09. The molecule has 0 atom stereocenters. The number of para-hydroxylation sites is 2. The van der Waals surface area contributed by atoms with Crippen molar-refractivity contribution >= 4 is 17.0 Å². The van der Waals surface area contributed by atoms with Crippen LogP contribution in [0.15, 0.2) is 24.3 Å². The summed E-state index contributed by atoms with van der Waals surface area (Å²) in [4.78, 5) is 9.68. The molecule has 5 nitrogen and oxygen atoms in total. The van der Waals surface area contributed by atoms with E-state index < -0.39 is 0 Å². The molecule has 0 unspecified atom stereocenters. The highest BCUT2D eigenvalue weighted by Gasteiger charge is 2.34. The third-order valence-electron chi connectivity index (χ3n) is 4.47. The van der Waals surface area contributed by atoms with Gasteiger partial charge in [0.15, 0.2) is 0 Å². The summed E-state index contributed by atoms with van der Waals surface area (Å²) in [7, 11) is 2.10. The molecule has 1 aromatic heterocycles. The highest BCUT2D eigenvalue weighted by Crippen LogP contribution is 2.26. The monoisotopic (exact) mass is 272 g/mol. The maximum Gasteiger partial charge on any atom is 0.206 e. The van der Waals surface area contributed by atoms with Gasteiger partial charge in [-0.2, -0.15) is 0 Å². The summed E-state index contributed by atoms with van der Waals surface area (Å²) in [6, 6.07) is 8.99. The number of nitrogens with zero attached hydrogens (tertiary/aromatic N) is 4. The normalized spacial score (nSPS) is 21.4. The minimum absolute atomic E-state index is 0.665. The van der Waals surface area contributed by atoms with Crippen LogP contribution in [0.25, 0.3) is 11.0 Å². The molecule has 1 aromatic carbocycles. The number of benzene rings is 1. The molecule has 2 aliphatic rings. The van der Waals surface area contributed by atoms with Crippen molar-refractivity contribution in [2.24, 2.45) is 7.05 Å². The van der Waals surface area contributed by atoms with Gasteiger partial charge in [0.2, 0.25) is 5.95 Å². The Labute approximate surface area is 118 Å². The average Bonchev–Trinajstić information content (AvgIpc) is 2.77. The van der Waals surface area contributed by atoms with Gasteiger partial charge in [-0.1, -0.05) is 12.1 Å². The van der Waals surface area contributed by atoms with E-state index in [0.717, 1.165) is 50.9 Å². The van der Waals surface area contributed by atoms with Gasteiger partial charge in [0.1, 0.15) is 0 Å². The quantitative estimate of drug-likeness (QED) is 0.819. The van der Waals surface area contributed by atoms with E-state index in [2.05, 4.69) is 39.6 Å². The molecule has 0 aliphatic carbocycles. The van der Waals surface area contributed by atoms with Crippen LogP contribution < -0.4 is 4.90 Å². The van der Waals surface area contributed by atoms with Crippen LogP contribution in [0.2, 0.25) is 0 Å². The van der Waals surface area contributed by atoms with Crippen molar-refractivity contribution < 1.29 is 4.74 Å². The van der Waals surface area contributed by atoms with Gasteiger partial charge in [-0.05, 0) is 12.1 Å². The van der Waals surface area contributed by atoms with Gasteiger partial charge in [-0.15, -0.1) is 0 Å². The van der Waals surface area contributed by atoms with Crippen LogP contribution in [-0.4, -0.2) is 59.9 Å². The van der Waals surface area contributed by atoms with Crippen LogP contribution in [0, 0.1) is 0 Å². The van der Waals surface area contributed by atoms with Crippen LogP contribution >= 0.6 is 0 Å². The Morgan fingerprint density at radius 3 is 2.65 bits per heavy atom. The number of hydrogen-bond acceptors (Lipinski definition) is 4. The van der Waals surface area contributed by atoms with Gasteiger partial charge in [-0.3, -0.25) is 4.90 Å². The molecule has 2 aromatic rings. The number of morpholine rings is 1. The highest BCUT2D eigenvalue weighted by molar-refractivity contribution is 5.78. The van der Waals surface area contributed by atoms with Gasteiger partial charge in [-0.25, -0.2) is 4.98 Å². The van der Waals surface area contributed by atoms with Crippen LogP contribution in [-0.2, 0) is 11.8 Å². The van der Waals surface area contributed by atoms with E-state index in [1.807, 2.05) is 6.07 Å². The maximum absolute atomic E-state index is 5.42. The van der Waals surface area contributed by atoms with E-state index in [-0.39, 0.29) is 0 Å². The van der Waals surface area contributed by atoms with E-state index in [1.54, 1.807) is 0 Å². The second-order valence-electron chi connectivity index (χ2n) is 5.67. The molecule has 0 saturated carbocycles. The van der Waals surface area contributed by atoms with Crippen molar-refractivity contribution in [1.29, 1.82) is 0 Å². The first-order valence-corrected chi connectivity index (χ1v) is 7.31. The van der Waals surface area contributed by atoms with E-state index >= 15 is 0 Å². The summed E-state index contributed by atoms with van der Waals surface area (Å²) < 4.78 is 7.62. The Morgan fingerprint density at radius 2 is 1.90 bits per heavy atom. The van der Waals surface area contributed by atoms with Gasteiger partial charge >= 0.3 is 0 Å². The number of aromatic nitrogens is 2. The van der Waals surface area contributed by atoms with Crippen LogP contribution in [0.1, 0.15) is 0 Å². The molecular weight excluding hydrogens is 252 g/mol. The molecule has 2 aliphatic heterocycles. The molecule has 0 N–H and O–H groups in total. The Kier molecular flexibility index (Phi) is 2.89. The average molecular weight is 272 g/mol. The van der Waals surface area contributed by atoms with E-state index in [4.69, 9.17) is 9.72 Å². The zero-order valence-electron chi connectivity index (χ0n) is 11.8. The molecule has 20 heavy (non-hydrogen) atoms. The summed E-state index contributed by atoms with van der Waals surface area (Å²) >= 11 is 0. The molecule has 2 fully saturated rings. The summed E-state index contributed by atoms with van der Waals surface area (Å²) in [5.41, 5.74) is 2.29. The summed E-state index contributed by atoms with van der Waals surface area (Å²) in [6.45, 7) is 6.06. The van der Waals surface area contributed by atoms with Crippen LogP contribution in [0.3, 0.4) is 0 Å². The topological polar surface area (TPSA) is 33.5 Å². The zero-order chi connectivity index (χ0) is 13.5. The number of fused-ring (bicyclic) bond motifs is 1. The Morgan fingerprint density at radius 1 is 1.15 bits per heavy atom. The van der Waals surface area contributed by atoms with Gasteiger partial charge in [0.25, 0.3) is 0 Å². The minimum Gasteiger partial charge on any atom is -0.379 e. The second-order valence-corrected chi connectivity index (χ2v) is 5.67. The smallest absolute Gasteiger partial charge is 0.206 e. The van der Waals surface area contributed by atoms with Crippen molar-refractivity contribution in [1.82, 2.24) is 14.5 Å². The predicted octanol–water partition coefficient (Wildman–Crippen LogP) is 1.09. The molecule has 3 heterocycles. The van der Waals surface area contributed by atoms with Crippen LogP contribution in [0.4, 0.5) is 5.95 Å². The fraction of sp³-hybridized carbons (Fsp3) is 0.533. The summed E-state index contributed by atoms with van der Waals surface area (Å²) in [5, 5.41) is 0. The number of ether oxygens (including phenoxy) is 1. The Hall–Kier alpha value is -1.59. The molecule has 0 spiro atoms. The predicted molar refractivity (Wildman–Crippen MR) is 79.1 cm³/mol. The highest BCUT2D eigenvalue weighted by atomic mass is 16.5. The van der Waals surface area contributed by atoms with Gasteiger partial charge in [0.05, 0.1) is 24.2 Å². The maximum atomic E-state index is 5.42. The zero-order valence-corrected chi connectivity index (χ0v) is 11.8. The van der Waals surface area contributed by atoms with Crippen molar-refractivity contribution in [3.63, 3.8) is 0 Å². The van der Waals surface area contributed by atoms with Crippen molar-refractivity contribution in [2.75, 3.05) is 44.3 Å². The number of imidazole rings is 1. The number of aryl methyl sites for hydroxylation is 1. The fourth-order valence-corrected chi connectivity index (χ4v) is 3.21. The molecule has 5 heteroatoms. The molecule has 4 rings (SSSR count). The van der Waals surface area contributed by atoms with E-state index in [0.29, 0.717) is 6.04 Å². The Balaban J connectivity index is 1.50. The standard InChI is InChI=1S/C15H20N4O/c1-17-14-5-3-2-4-13(14)16-15(17)19-10-12(11-19)18-6-8-20-9-7-18/h2-5,12H,6-11H2,1H3. The van der Waals surface area contributed by atoms with Crippen LogP contribution in [0.5, 0.6) is 0 Å². The van der Waals surface area contributed by atoms with Gasteiger partial charge in [0, 0.05) is 39.3 Å². The molecular formula is C15H20N4O. The minimum atomic E-state index is 0.665. The Bertz CT molecular complexity index is 611. The van der Waals surface area contributed by atoms with Gasteiger partial charge < -0.3 is 14.2 Å². The van der Waals surface area contributed by atoms with E-state index in [1.165, 1.54) is 5.52 Å². The lowest BCUT2D eigenvalue weighted by Crippen LogP contribution is -2.62. The lowest BCUT2D eigenvalue weighted by atomic mass is 10.1. The van der Waals surface area contributed by atoms with Crippen molar-refractivity contribution in [3.8, 4) is 0 Å². The fourth-order valence-electron chi connectivity index (χ4n) is 3.21. The number of rotatable bonds is 2. The lowest BCUT2D eigenvalue weighted by Gasteiger charge is -2.46. The van der Waals surface area contributed by atoms with Crippen molar-refractivity contribution in [3.05, 3.63) is 24.3 Å². The molecule has 0 radical (unpaired) electrons. The SMILES string of the molecule is Cn1c(N2CC(N3CCOCC3)C2)nc2ccccc21. The first kappa shape index (κ1) is 12.2. The van der Waals surface area contributed by atoms with E-state index in [9.17, 15) is 0 Å². The number of hydrogen-bond donors (Lipinski definition) is 0. The third kappa shape index (κ3) is 1.89. The first-order valence-electron chi connectivity index (χ1n) is 7.31. The summed E-state index contributed by atoms with van der Waals surface area (Å²) in [6.07, 6.45) is 0. The first-order chi connectivity index (χ1) is 9.83. The lowest BCUT2D eigenvalue weighted by molar-refractivity contribution is 0.0102. The molecule has 106 valence electrons.